The number of aliphatic imine (C=N–C) groups is 1. The van der Waals surface area contributed by atoms with Crippen LogP contribution in [0.3, 0.4) is 0 Å². The summed E-state index contributed by atoms with van der Waals surface area (Å²) >= 11 is 7.86. The minimum Gasteiger partial charge on any atom is -0.355 e. The molecule has 1 amide bonds. The van der Waals surface area contributed by atoms with Crippen LogP contribution in [0.2, 0.25) is 5.02 Å². The SMILES string of the molecule is Cc1sc2c(c1C)C(c1ccc(Cl)cc1)=NC(NCC(=O)NCCCn1ccnc1)c1nnc(C)n1-2. The summed E-state index contributed by atoms with van der Waals surface area (Å²) in [6.45, 7) is 7.63. The quantitative estimate of drug-likeness (QED) is 0.343. The first kappa shape index (κ1) is 24.4. The van der Waals surface area contributed by atoms with Gasteiger partial charge in [0.2, 0.25) is 5.91 Å². The molecule has 0 saturated heterocycles. The summed E-state index contributed by atoms with van der Waals surface area (Å²) in [6.07, 6.45) is 5.69. The van der Waals surface area contributed by atoms with E-state index in [0.717, 1.165) is 40.6 Å². The second-order valence-corrected chi connectivity index (χ2v) is 10.3. The van der Waals surface area contributed by atoms with Gasteiger partial charge in [-0.25, -0.2) is 4.98 Å². The molecule has 0 spiro atoms. The average Bonchev–Trinajstić information content (AvgIpc) is 3.56. The lowest BCUT2D eigenvalue weighted by Gasteiger charge is -2.15. The summed E-state index contributed by atoms with van der Waals surface area (Å²) in [5, 5.41) is 16.7. The first-order chi connectivity index (χ1) is 17.4. The van der Waals surface area contributed by atoms with Crippen molar-refractivity contribution in [3.63, 3.8) is 0 Å². The van der Waals surface area contributed by atoms with Gasteiger partial charge < -0.3 is 9.88 Å². The number of hydrogen-bond acceptors (Lipinski definition) is 7. The van der Waals surface area contributed by atoms with Crippen LogP contribution in [-0.4, -0.2) is 49.0 Å². The molecule has 0 radical (unpaired) electrons. The molecule has 1 atom stereocenters. The number of amides is 1. The first-order valence-electron chi connectivity index (χ1n) is 11.7. The Balaban J connectivity index is 1.40. The van der Waals surface area contributed by atoms with E-state index in [1.54, 1.807) is 23.9 Å². The third-order valence-electron chi connectivity index (χ3n) is 6.21. The fraction of sp³-hybridized carbons (Fsp3) is 0.320. The number of rotatable bonds is 8. The van der Waals surface area contributed by atoms with Gasteiger partial charge >= 0.3 is 0 Å². The molecule has 4 heterocycles. The van der Waals surface area contributed by atoms with Gasteiger partial charge in [-0.15, -0.1) is 21.5 Å². The van der Waals surface area contributed by atoms with Crippen LogP contribution in [-0.2, 0) is 11.3 Å². The van der Waals surface area contributed by atoms with Crippen molar-refractivity contribution in [1.82, 2.24) is 34.9 Å². The third kappa shape index (κ3) is 4.84. The normalized spacial score (nSPS) is 14.7. The molecule has 3 aromatic heterocycles. The van der Waals surface area contributed by atoms with Crippen molar-refractivity contribution in [2.24, 2.45) is 4.99 Å². The van der Waals surface area contributed by atoms with Gasteiger partial charge in [0.1, 0.15) is 10.8 Å². The highest BCUT2D eigenvalue weighted by molar-refractivity contribution is 7.15. The largest absolute Gasteiger partial charge is 0.355 e. The van der Waals surface area contributed by atoms with Gasteiger partial charge in [0.25, 0.3) is 0 Å². The summed E-state index contributed by atoms with van der Waals surface area (Å²) < 4.78 is 4.04. The number of benzene rings is 1. The lowest BCUT2D eigenvalue weighted by Crippen LogP contribution is -2.36. The highest BCUT2D eigenvalue weighted by atomic mass is 35.5. The Morgan fingerprint density at radius 3 is 2.72 bits per heavy atom. The number of fused-ring (bicyclic) bond motifs is 3. The van der Waals surface area contributed by atoms with Gasteiger partial charge in [0, 0.05) is 46.5 Å². The van der Waals surface area contributed by atoms with E-state index >= 15 is 0 Å². The van der Waals surface area contributed by atoms with Crippen molar-refractivity contribution >= 4 is 34.6 Å². The van der Waals surface area contributed by atoms with Crippen LogP contribution >= 0.6 is 22.9 Å². The number of aromatic nitrogens is 5. The number of thiophene rings is 1. The molecule has 186 valence electrons. The Hall–Kier alpha value is -3.34. The third-order valence-corrected chi connectivity index (χ3v) is 7.65. The number of aryl methyl sites for hydroxylation is 3. The van der Waals surface area contributed by atoms with Gasteiger partial charge in [0.05, 0.1) is 18.6 Å². The molecule has 0 saturated carbocycles. The highest BCUT2D eigenvalue weighted by Crippen LogP contribution is 2.38. The van der Waals surface area contributed by atoms with E-state index < -0.39 is 6.17 Å². The van der Waals surface area contributed by atoms with E-state index in [9.17, 15) is 4.79 Å². The molecule has 0 bridgehead atoms. The topological polar surface area (TPSA) is 102 Å². The zero-order valence-electron chi connectivity index (χ0n) is 20.3. The molecule has 5 rings (SSSR count). The Bertz CT molecular complexity index is 1400. The van der Waals surface area contributed by atoms with Crippen LogP contribution in [0.4, 0.5) is 0 Å². The Labute approximate surface area is 218 Å². The maximum atomic E-state index is 12.6. The van der Waals surface area contributed by atoms with E-state index in [1.165, 1.54) is 10.4 Å². The Morgan fingerprint density at radius 2 is 1.97 bits per heavy atom. The molecule has 4 aromatic rings. The smallest absolute Gasteiger partial charge is 0.234 e. The van der Waals surface area contributed by atoms with Crippen molar-refractivity contribution in [2.75, 3.05) is 13.1 Å². The molecular formula is C25H27ClN8OS. The lowest BCUT2D eigenvalue weighted by atomic mass is 10.00. The molecule has 1 aliphatic rings. The standard InChI is InChI=1S/C25H27ClN8OS/c1-15-16(2)36-25-21(15)22(18-5-7-19(26)8-6-18)30-23(24-32-31-17(3)34(24)25)29-13-20(35)28-9-4-11-33-12-10-27-14-33/h5-8,10,12,14,23,29H,4,9,11,13H2,1-3H3,(H,28,35). The van der Waals surface area contributed by atoms with Crippen LogP contribution in [0.25, 0.3) is 5.00 Å². The number of imidazole rings is 1. The molecule has 11 heteroatoms. The summed E-state index contributed by atoms with van der Waals surface area (Å²) in [6, 6.07) is 7.67. The van der Waals surface area contributed by atoms with E-state index in [1.807, 2.05) is 46.5 Å². The van der Waals surface area contributed by atoms with Gasteiger partial charge in [-0.05, 0) is 44.9 Å². The fourth-order valence-electron chi connectivity index (χ4n) is 4.23. The minimum absolute atomic E-state index is 0.0993. The van der Waals surface area contributed by atoms with E-state index in [-0.39, 0.29) is 12.5 Å². The monoisotopic (exact) mass is 522 g/mol. The lowest BCUT2D eigenvalue weighted by molar-refractivity contribution is -0.120. The minimum atomic E-state index is -0.548. The molecule has 2 N–H and O–H groups in total. The molecule has 0 aliphatic carbocycles. The van der Waals surface area contributed by atoms with Crippen molar-refractivity contribution in [3.8, 4) is 5.00 Å². The predicted molar refractivity (Wildman–Crippen MR) is 141 cm³/mol. The van der Waals surface area contributed by atoms with E-state index in [0.29, 0.717) is 17.4 Å². The number of nitrogens with one attached hydrogen (secondary N) is 2. The van der Waals surface area contributed by atoms with E-state index in [2.05, 4.69) is 39.7 Å². The van der Waals surface area contributed by atoms with Gasteiger partial charge in [0.15, 0.2) is 12.0 Å². The van der Waals surface area contributed by atoms with Crippen LogP contribution < -0.4 is 10.6 Å². The second-order valence-electron chi connectivity index (χ2n) is 8.68. The molecule has 9 nitrogen and oxygen atoms in total. The van der Waals surface area contributed by atoms with Gasteiger partial charge in [-0.3, -0.25) is 19.7 Å². The van der Waals surface area contributed by atoms with Gasteiger partial charge in [-0.2, -0.15) is 0 Å². The number of carbonyl (C=O) groups is 1. The van der Waals surface area contributed by atoms with Gasteiger partial charge in [-0.1, -0.05) is 23.7 Å². The molecular weight excluding hydrogens is 496 g/mol. The Kier molecular flexibility index (Phi) is 6.99. The molecule has 0 fully saturated rings. The molecule has 1 aromatic carbocycles. The van der Waals surface area contributed by atoms with Crippen molar-refractivity contribution < 1.29 is 4.79 Å². The van der Waals surface area contributed by atoms with Crippen LogP contribution in [0.1, 0.15) is 45.8 Å². The summed E-state index contributed by atoms with van der Waals surface area (Å²) in [5.41, 5.74) is 4.01. The number of hydrogen-bond donors (Lipinski definition) is 2. The first-order valence-corrected chi connectivity index (χ1v) is 12.9. The average molecular weight is 523 g/mol. The second kappa shape index (κ2) is 10.3. The molecule has 1 aliphatic heterocycles. The number of halogens is 1. The summed E-state index contributed by atoms with van der Waals surface area (Å²) in [4.78, 5) is 23.0. The van der Waals surface area contributed by atoms with Crippen LogP contribution in [0, 0.1) is 20.8 Å². The Morgan fingerprint density at radius 1 is 1.17 bits per heavy atom. The predicted octanol–water partition coefficient (Wildman–Crippen LogP) is 3.75. The zero-order valence-corrected chi connectivity index (χ0v) is 21.9. The van der Waals surface area contributed by atoms with Crippen molar-refractivity contribution in [2.45, 2.75) is 39.9 Å². The van der Waals surface area contributed by atoms with Crippen LogP contribution in [0.15, 0.2) is 48.0 Å². The van der Waals surface area contributed by atoms with Crippen LogP contribution in [0.5, 0.6) is 0 Å². The summed E-state index contributed by atoms with van der Waals surface area (Å²) in [7, 11) is 0. The van der Waals surface area contributed by atoms with E-state index in [4.69, 9.17) is 16.6 Å². The highest BCUT2D eigenvalue weighted by Gasteiger charge is 2.31. The summed E-state index contributed by atoms with van der Waals surface area (Å²) in [5.74, 6) is 1.33. The number of carbonyl (C=O) groups excluding carboxylic acids is 1. The maximum Gasteiger partial charge on any atom is 0.234 e. The zero-order chi connectivity index (χ0) is 25.2. The van der Waals surface area contributed by atoms with Crippen molar-refractivity contribution in [3.05, 3.63) is 81.2 Å². The maximum absolute atomic E-state index is 12.6. The fourth-order valence-corrected chi connectivity index (χ4v) is 5.57. The van der Waals surface area contributed by atoms with Crippen molar-refractivity contribution in [1.29, 1.82) is 0 Å². The molecule has 1 unspecified atom stereocenters. The molecule has 36 heavy (non-hydrogen) atoms. The number of nitrogens with zero attached hydrogens (tertiary/aromatic N) is 6.